The maximum atomic E-state index is 12.2. The van der Waals surface area contributed by atoms with E-state index in [9.17, 15) is 20.0 Å². The van der Waals surface area contributed by atoms with Gasteiger partial charge in [0.1, 0.15) is 11.3 Å². The Morgan fingerprint density at radius 1 is 1.14 bits per heavy atom. The standard InChI is InChI=1S/C22H24N2O5/c1-2-29-22(26)19(21(25)18-13-6-7-14-20(18)24(27)28)16-23-15-9-8-12-17-10-4-3-5-11-17/h3-7,10-11,13-14,16,25H,2,8-9,12,15H2,1H3. The lowest BCUT2D eigenvalue weighted by Gasteiger charge is -2.07. The number of carbonyl (C=O) groups is 1. The summed E-state index contributed by atoms with van der Waals surface area (Å²) in [6, 6.07) is 15.8. The van der Waals surface area contributed by atoms with Gasteiger partial charge in [-0.15, -0.1) is 0 Å². The molecule has 0 aromatic heterocycles. The first kappa shape index (κ1) is 21.8. The summed E-state index contributed by atoms with van der Waals surface area (Å²) in [5.74, 6) is -1.31. The van der Waals surface area contributed by atoms with Gasteiger partial charge in [-0.05, 0) is 37.8 Å². The molecule has 0 aliphatic rings. The molecular weight excluding hydrogens is 372 g/mol. The normalized spacial score (nSPS) is 11.9. The van der Waals surface area contributed by atoms with Crippen molar-refractivity contribution in [3.05, 3.63) is 81.4 Å². The van der Waals surface area contributed by atoms with Gasteiger partial charge in [0.25, 0.3) is 5.69 Å². The zero-order valence-electron chi connectivity index (χ0n) is 16.3. The fourth-order valence-corrected chi connectivity index (χ4v) is 2.73. The molecule has 0 spiro atoms. The molecule has 2 aromatic carbocycles. The molecule has 0 amide bonds. The molecule has 0 saturated heterocycles. The Kier molecular flexibility index (Phi) is 8.56. The number of carbonyl (C=O) groups excluding carboxylic acids is 1. The molecule has 7 heteroatoms. The molecule has 29 heavy (non-hydrogen) atoms. The predicted octanol–water partition coefficient (Wildman–Crippen LogP) is 4.52. The number of esters is 1. The van der Waals surface area contributed by atoms with Crippen molar-refractivity contribution in [3.63, 3.8) is 0 Å². The van der Waals surface area contributed by atoms with E-state index in [1.54, 1.807) is 13.0 Å². The molecular formula is C22H24N2O5. The number of hydrogen-bond acceptors (Lipinski definition) is 6. The molecule has 2 aromatic rings. The van der Waals surface area contributed by atoms with Crippen molar-refractivity contribution in [2.45, 2.75) is 26.2 Å². The van der Waals surface area contributed by atoms with Crippen LogP contribution in [0.15, 0.2) is 65.2 Å². The molecule has 0 fully saturated rings. The van der Waals surface area contributed by atoms with Gasteiger partial charge in [-0.3, -0.25) is 15.1 Å². The van der Waals surface area contributed by atoms with E-state index in [0.717, 1.165) is 19.3 Å². The highest BCUT2D eigenvalue weighted by atomic mass is 16.6. The number of nitro benzene ring substituents is 1. The molecule has 0 unspecified atom stereocenters. The van der Waals surface area contributed by atoms with Gasteiger partial charge < -0.3 is 9.84 Å². The van der Waals surface area contributed by atoms with Crippen molar-refractivity contribution >= 4 is 23.6 Å². The number of aliphatic imine (C=N–C) groups is 1. The van der Waals surface area contributed by atoms with Crippen molar-refractivity contribution in [1.29, 1.82) is 0 Å². The summed E-state index contributed by atoms with van der Waals surface area (Å²) >= 11 is 0. The van der Waals surface area contributed by atoms with Gasteiger partial charge in [0.15, 0.2) is 0 Å². The van der Waals surface area contributed by atoms with E-state index >= 15 is 0 Å². The van der Waals surface area contributed by atoms with Crippen LogP contribution >= 0.6 is 0 Å². The lowest BCUT2D eigenvalue weighted by Crippen LogP contribution is -2.12. The maximum absolute atomic E-state index is 12.2. The Hall–Kier alpha value is -3.48. The van der Waals surface area contributed by atoms with Crippen LogP contribution in [0.25, 0.3) is 5.76 Å². The van der Waals surface area contributed by atoms with Crippen LogP contribution in [-0.2, 0) is 16.0 Å². The Balaban J connectivity index is 2.11. The molecule has 0 atom stereocenters. The maximum Gasteiger partial charge on any atom is 0.343 e. The third kappa shape index (κ3) is 6.57. The van der Waals surface area contributed by atoms with Crippen LogP contribution in [-0.4, -0.2) is 35.4 Å². The zero-order valence-corrected chi connectivity index (χ0v) is 16.3. The fraction of sp³-hybridized carbons (Fsp3) is 0.273. The van der Waals surface area contributed by atoms with E-state index in [1.807, 2.05) is 18.2 Å². The quantitative estimate of drug-likeness (QED) is 0.121. The topological polar surface area (TPSA) is 102 Å². The molecule has 0 radical (unpaired) electrons. The molecule has 0 saturated carbocycles. The van der Waals surface area contributed by atoms with Crippen LogP contribution in [0, 0.1) is 10.1 Å². The number of para-hydroxylation sites is 1. The van der Waals surface area contributed by atoms with Crippen molar-refractivity contribution < 1.29 is 19.6 Å². The van der Waals surface area contributed by atoms with Crippen LogP contribution in [0.3, 0.4) is 0 Å². The smallest absolute Gasteiger partial charge is 0.343 e. The highest BCUT2D eigenvalue weighted by molar-refractivity contribution is 6.15. The van der Waals surface area contributed by atoms with E-state index in [4.69, 9.17) is 4.74 Å². The summed E-state index contributed by atoms with van der Waals surface area (Å²) < 4.78 is 4.97. The van der Waals surface area contributed by atoms with Crippen LogP contribution < -0.4 is 0 Å². The average Bonchev–Trinajstić information content (AvgIpc) is 2.73. The van der Waals surface area contributed by atoms with Gasteiger partial charge >= 0.3 is 5.97 Å². The molecule has 1 N–H and O–H groups in total. The van der Waals surface area contributed by atoms with Gasteiger partial charge in [-0.1, -0.05) is 42.5 Å². The minimum Gasteiger partial charge on any atom is -0.506 e. The van der Waals surface area contributed by atoms with Crippen molar-refractivity contribution in [2.24, 2.45) is 4.99 Å². The number of unbranched alkanes of at least 4 members (excludes halogenated alkanes) is 1. The first-order chi connectivity index (χ1) is 14.0. The van der Waals surface area contributed by atoms with Crippen LogP contribution in [0.2, 0.25) is 0 Å². The number of hydrogen-bond donors (Lipinski definition) is 1. The number of rotatable bonds is 10. The second kappa shape index (κ2) is 11.4. The highest BCUT2D eigenvalue weighted by Gasteiger charge is 2.22. The first-order valence-corrected chi connectivity index (χ1v) is 9.42. The molecule has 0 bridgehead atoms. The second-order valence-corrected chi connectivity index (χ2v) is 6.23. The lowest BCUT2D eigenvalue weighted by molar-refractivity contribution is -0.385. The average molecular weight is 396 g/mol. The zero-order chi connectivity index (χ0) is 21.1. The Morgan fingerprint density at radius 3 is 2.52 bits per heavy atom. The van der Waals surface area contributed by atoms with E-state index < -0.39 is 16.7 Å². The van der Waals surface area contributed by atoms with Gasteiger partial charge in [0.05, 0.1) is 17.1 Å². The number of aliphatic hydroxyl groups excluding tert-OH is 1. The predicted molar refractivity (Wildman–Crippen MR) is 112 cm³/mol. The van der Waals surface area contributed by atoms with Crippen molar-refractivity contribution in [3.8, 4) is 0 Å². The third-order valence-electron chi connectivity index (χ3n) is 4.17. The molecule has 152 valence electrons. The minimum absolute atomic E-state index is 0.0592. The Morgan fingerprint density at radius 2 is 1.83 bits per heavy atom. The summed E-state index contributed by atoms with van der Waals surface area (Å²) in [5.41, 5.74) is 0.681. The number of aryl methyl sites for hydroxylation is 1. The number of benzene rings is 2. The van der Waals surface area contributed by atoms with Crippen LogP contribution in [0.4, 0.5) is 5.69 Å². The van der Waals surface area contributed by atoms with Crippen molar-refractivity contribution in [1.82, 2.24) is 0 Å². The lowest BCUT2D eigenvalue weighted by atomic mass is 10.1. The van der Waals surface area contributed by atoms with Crippen molar-refractivity contribution in [2.75, 3.05) is 13.2 Å². The minimum atomic E-state index is -0.781. The Bertz CT molecular complexity index is 891. The molecule has 7 nitrogen and oxygen atoms in total. The number of aliphatic hydroxyl groups is 1. The largest absolute Gasteiger partial charge is 0.506 e. The number of nitrogens with zero attached hydrogens (tertiary/aromatic N) is 2. The SMILES string of the molecule is CCOC(=O)C(C=NCCCCc1ccccc1)=C(O)c1ccccc1[N+](=O)[O-]. The summed E-state index contributed by atoms with van der Waals surface area (Å²) in [4.78, 5) is 27.1. The monoisotopic (exact) mass is 396 g/mol. The summed E-state index contributed by atoms with van der Waals surface area (Å²) in [5, 5.41) is 21.8. The summed E-state index contributed by atoms with van der Waals surface area (Å²) in [6.07, 6.45) is 3.88. The number of ether oxygens (including phenoxy) is 1. The van der Waals surface area contributed by atoms with E-state index in [0.29, 0.717) is 6.54 Å². The second-order valence-electron chi connectivity index (χ2n) is 6.23. The van der Waals surface area contributed by atoms with Crippen LogP contribution in [0.1, 0.15) is 30.9 Å². The van der Waals surface area contributed by atoms with Gasteiger partial charge in [0, 0.05) is 18.8 Å². The summed E-state index contributed by atoms with van der Waals surface area (Å²) in [7, 11) is 0. The van der Waals surface area contributed by atoms with Gasteiger partial charge in [-0.25, -0.2) is 4.79 Å². The van der Waals surface area contributed by atoms with Gasteiger partial charge in [0.2, 0.25) is 0 Å². The fourth-order valence-electron chi connectivity index (χ4n) is 2.73. The molecule has 2 rings (SSSR count). The van der Waals surface area contributed by atoms with E-state index in [1.165, 1.54) is 30.0 Å². The van der Waals surface area contributed by atoms with E-state index in [-0.39, 0.29) is 23.4 Å². The number of nitro groups is 1. The molecule has 0 aliphatic heterocycles. The summed E-state index contributed by atoms with van der Waals surface area (Å²) in [6.45, 7) is 2.20. The van der Waals surface area contributed by atoms with Crippen LogP contribution in [0.5, 0.6) is 0 Å². The first-order valence-electron chi connectivity index (χ1n) is 9.42. The van der Waals surface area contributed by atoms with Gasteiger partial charge in [-0.2, -0.15) is 0 Å². The molecule has 0 heterocycles. The molecule has 0 aliphatic carbocycles. The Labute approximate surface area is 169 Å². The third-order valence-corrected chi connectivity index (χ3v) is 4.17. The van der Waals surface area contributed by atoms with E-state index in [2.05, 4.69) is 17.1 Å². The highest BCUT2D eigenvalue weighted by Crippen LogP contribution is 2.26.